The van der Waals surface area contributed by atoms with Gasteiger partial charge in [0.15, 0.2) is 30.1 Å². The molecule has 27 N–H and O–H groups in total. The number of anilines is 1. The van der Waals surface area contributed by atoms with Gasteiger partial charge in [-0.25, -0.2) is 4.79 Å². The smallest absolute Gasteiger partial charge is 0.508 e. The number of phenolic OH excluding ortho intramolecular Hbond substituents is 3. The predicted molar refractivity (Wildman–Crippen MR) is 488 cm³/mol. The Balaban J connectivity index is 0.0000180. The highest BCUT2D eigenvalue weighted by Gasteiger charge is 2.54. The number of aromatic hydroxyl groups is 3. The highest BCUT2D eigenvalue weighted by atomic mass is 35.5. The van der Waals surface area contributed by atoms with Gasteiger partial charge < -0.3 is 178 Å². The van der Waals surface area contributed by atoms with Crippen LogP contribution >= 0.6 is 23.2 Å². The largest absolute Gasteiger partial charge is 0.573 e. The van der Waals surface area contributed by atoms with Crippen LogP contribution in [0.15, 0.2) is 127 Å². The Labute approximate surface area is 817 Å². The lowest BCUT2D eigenvalue weighted by molar-refractivity contribution is -0.350. The molecule has 0 spiro atoms. The van der Waals surface area contributed by atoms with Gasteiger partial charge in [-0.05, 0) is 159 Å². The standard InChI is InChI=1S/C92H106Cl2F3N11O33.CH4/c1-36(2)20-51(99-5)82(125)107-69-71(117)40-13-16-57(49(93)24-40)134-59-26-43-27-60(78(59)139-90-76(122)74(120)79(62(35-110)137-90)140-89-75(121)73(119)72(118)61(136-89)33-100-32-38-8-6-10-44(21-38)102-81(124)42-9-7-11-46(22-42)141-92(95,96)97)135-58-17-14-41(25-50(58)94)77(138-64-31-91(4,80(123)37(3)133-64)101-19-18-54(113)56(115)34-109)70-87(130)106-68(88(131)132)48-28-45(111)29-55(114)65(48)47-23-39(12-15-53(47)112)66(84(127)108-70)105-85(128)67(43)104-83(126)52(30-63(98)116)103-86(69)129;/h6-17,21-29,36-37,51-52,54,56,61-62,64,66-77,79-80,89-90,99-101,109-115,117-123H,18-20,30-35H2,1-5H3,(H2,98,116)(H,102,124)(H,103,129)(H,104,126)(H,105,128)(H,106,130)(H,107,125)(H,108,127)(H,131,132);1H4/t37-,51+,52-,54-,56+,61+,62+,64?,66+,67+,68+,69?,70-,71+,72-,73-,74+,75+,76+,77+,79+,80-,89-,90-,91-;/m0./s1. The van der Waals surface area contributed by atoms with Crippen LogP contribution in [0.2, 0.25) is 10.0 Å². The number of benzene rings is 7. The number of nitrogens with two attached hydrogens (primary N) is 1. The molecule has 142 heavy (non-hydrogen) atoms. The summed E-state index contributed by atoms with van der Waals surface area (Å²) in [7, 11) is 1.44. The Morgan fingerprint density at radius 3 is 1.95 bits per heavy atom. The van der Waals surface area contributed by atoms with Crippen LogP contribution in [-0.4, -0.2) is 291 Å². The summed E-state index contributed by atoms with van der Waals surface area (Å²) in [5.41, 5.74) is 1.40. The number of carbonyl (C=O) groups excluding carboxylic acids is 8. The molecule has 2 unspecified atom stereocenters. The summed E-state index contributed by atoms with van der Waals surface area (Å²) in [6.45, 7) is 3.88. The van der Waals surface area contributed by atoms with E-state index in [9.17, 15) is 109 Å². The lowest BCUT2D eigenvalue weighted by atomic mass is 9.84. The molecule has 3 saturated heterocycles. The number of amides is 8. The molecule has 8 heterocycles. The second-order valence-corrected chi connectivity index (χ2v) is 36.0. The van der Waals surface area contributed by atoms with Gasteiger partial charge in [-0.1, -0.05) is 80.9 Å². The van der Waals surface area contributed by atoms with Gasteiger partial charge in [0.2, 0.25) is 53.4 Å². The third kappa shape index (κ3) is 25.2. The number of aliphatic carboxylic acids is 1. The molecule has 11 bridgehead atoms. The normalized spacial score (nSPS) is 28.0. The third-order valence-corrected chi connectivity index (χ3v) is 25.0. The van der Waals surface area contributed by atoms with Crippen LogP contribution in [0.5, 0.6) is 51.7 Å². The molecule has 0 radical (unpaired) electrons. The van der Waals surface area contributed by atoms with Gasteiger partial charge in [0.1, 0.15) is 132 Å². The second-order valence-electron chi connectivity index (χ2n) is 35.1. The van der Waals surface area contributed by atoms with Gasteiger partial charge >= 0.3 is 12.3 Å². The zero-order valence-electron chi connectivity index (χ0n) is 75.4. The van der Waals surface area contributed by atoms with Crippen molar-refractivity contribution in [2.75, 3.05) is 38.7 Å². The maximum atomic E-state index is 16.6. The van der Waals surface area contributed by atoms with Gasteiger partial charge in [-0.2, -0.15) is 0 Å². The number of alkyl halides is 3. The molecule has 8 aliphatic heterocycles. The number of carboxylic acid groups (broad SMARTS) is 1. The number of halogens is 5. The zero-order valence-corrected chi connectivity index (χ0v) is 77.0. The number of ether oxygens (including phenoxy) is 9. The van der Waals surface area contributed by atoms with E-state index in [0.29, 0.717) is 5.56 Å². The Morgan fingerprint density at radius 2 is 1.30 bits per heavy atom. The second kappa shape index (κ2) is 46.1. The first-order valence-corrected chi connectivity index (χ1v) is 45.0. The Kier molecular flexibility index (Phi) is 35.3. The fraction of sp³-hybridized carbons (Fsp3) is 0.452. The monoisotopic (exact) mass is 2040 g/mol. The number of aliphatic hydroxyl groups excluding tert-OH is 11. The van der Waals surface area contributed by atoms with E-state index in [1.54, 1.807) is 19.9 Å². The fourth-order valence-electron chi connectivity index (χ4n) is 17.1. The van der Waals surface area contributed by atoms with Crippen molar-refractivity contribution in [3.8, 4) is 62.9 Å². The Hall–Kier alpha value is -12.0. The van der Waals surface area contributed by atoms with Crippen molar-refractivity contribution in [3.63, 3.8) is 0 Å². The first-order valence-electron chi connectivity index (χ1n) is 44.3. The molecule has 8 amide bonds. The summed E-state index contributed by atoms with van der Waals surface area (Å²) < 4.78 is 94.5. The summed E-state index contributed by atoms with van der Waals surface area (Å²) in [6, 6.07) is 8.35. The number of likely N-dealkylation sites (N-methyl/N-ethyl adjacent to an activating group) is 1. The van der Waals surface area contributed by atoms with E-state index >= 15 is 24.0 Å². The first-order chi connectivity index (χ1) is 66.7. The van der Waals surface area contributed by atoms with Crippen LogP contribution in [0.4, 0.5) is 18.9 Å². The van der Waals surface area contributed by atoms with E-state index in [-0.39, 0.29) is 68.2 Å². The van der Waals surface area contributed by atoms with Gasteiger partial charge in [-0.3, -0.25) is 38.4 Å². The molecule has 7 aromatic rings. The molecule has 770 valence electrons. The summed E-state index contributed by atoms with van der Waals surface area (Å²) >= 11 is 14.6. The zero-order chi connectivity index (χ0) is 102. The van der Waals surface area contributed by atoms with Crippen molar-refractivity contribution < 1.29 is 176 Å². The molecule has 0 saturated carbocycles. The van der Waals surface area contributed by atoms with E-state index in [1.165, 1.54) is 57.3 Å². The van der Waals surface area contributed by atoms with Crippen LogP contribution < -0.4 is 77.8 Å². The average Bonchev–Trinajstić information content (AvgIpc) is 0.760. The molecule has 44 nitrogen and oxygen atoms in total. The summed E-state index contributed by atoms with van der Waals surface area (Å²) in [4.78, 5) is 135. The lowest BCUT2D eigenvalue weighted by Gasteiger charge is -2.47. The fourth-order valence-corrected chi connectivity index (χ4v) is 17.6. The molecular formula is C93H110Cl2F3N11O33. The van der Waals surface area contributed by atoms with Crippen molar-refractivity contribution in [2.24, 2.45) is 11.7 Å². The van der Waals surface area contributed by atoms with Crippen molar-refractivity contribution in [2.45, 2.75) is 226 Å². The molecule has 0 aromatic heterocycles. The van der Waals surface area contributed by atoms with Gasteiger partial charge in [0, 0.05) is 59.1 Å². The SMILES string of the molecule is C.CN[C@H](CC(C)C)C(=O)NC1C(=O)N[C@@H](CC(N)=O)C(=O)N[C@H]2C(=O)N[C@H]3C(=O)N[C@H](C(=O)N[C@@H](C(=O)O)c4cc(O)cc(O)c4-c4cc3ccc4O)[C@H](OC3C[C@](C)(NCC[C@H](O)[C@H](O)CO)[C@@H](O)[C@H](C)O3)c3ccc(c(Cl)c3)Oc3cc2cc(c3O[C@@H]2O[C@H](CO)[C@@H](O[C@@H]3O[C@H](CNCc4cccc(NC(=O)c5cccc(OC(F)(F)F)c5)c4)[C@H](O)[C@H](O)[C@H]3O)[C@H](O)[C@H]2O)Oc2ccc(cc2Cl)[C@H]1O. The number of aliphatic hydroxyl groups is 11. The van der Waals surface area contributed by atoms with E-state index in [0.717, 1.165) is 84.9 Å². The number of fused-ring (bicyclic) bond motifs is 15. The van der Waals surface area contributed by atoms with E-state index in [4.69, 9.17) is 66.8 Å². The van der Waals surface area contributed by atoms with Crippen LogP contribution in [0.1, 0.15) is 135 Å². The molecule has 25 atom stereocenters. The highest BCUT2D eigenvalue weighted by Crippen LogP contribution is 2.51. The maximum absolute atomic E-state index is 16.6. The minimum absolute atomic E-state index is 0. The van der Waals surface area contributed by atoms with Crippen LogP contribution in [0, 0.1) is 5.92 Å². The predicted octanol–water partition coefficient (Wildman–Crippen LogP) is 1.25. The molecule has 0 aliphatic carbocycles. The minimum atomic E-state index is -5.04. The lowest BCUT2D eigenvalue weighted by Crippen LogP contribution is -2.65. The Bertz CT molecular complexity index is 5780. The quantitative estimate of drug-likeness (QED) is 0.0328. The number of carboxylic acids is 1. The highest BCUT2D eigenvalue weighted by molar-refractivity contribution is 6.32. The number of primary amides is 1. The van der Waals surface area contributed by atoms with E-state index in [2.05, 4.69) is 57.9 Å². The number of phenols is 3. The van der Waals surface area contributed by atoms with Crippen LogP contribution in [0.3, 0.4) is 0 Å². The number of hydrogen-bond donors (Lipinski definition) is 26. The van der Waals surface area contributed by atoms with Gasteiger partial charge in [0.05, 0.1) is 54.0 Å². The van der Waals surface area contributed by atoms with E-state index in [1.807, 2.05) is 0 Å². The molecule has 3 fully saturated rings. The van der Waals surface area contributed by atoms with Gasteiger partial charge in [0.25, 0.3) is 5.91 Å². The maximum Gasteiger partial charge on any atom is 0.573 e. The van der Waals surface area contributed by atoms with Crippen molar-refractivity contribution in [1.29, 1.82) is 0 Å². The average molecular weight is 2040 g/mol. The summed E-state index contributed by atoms with van der Waals surface area (Å²) in [5, 5.41) is 197. The molecule has 15 rings (SSSR count). The van der Waals surface area contributed by atoms with Crippen LogP contribution in [-0.2, 0) is 68.6 Å². The molecule has 8 aliphatic rings. The van der Waals surface area contributed by atoms with Crippen LogP contribution in [0.25, 0.3) is 11.1 Å². The Morgan fingerprint density at radius 1 is 0.662 bits per heavy atom. The topological polar surface area (TPSA) is 686 Å². The number of rotatable bonds is 28. The molecular weight excluding hydrogens is 1930 g/mol. The summed E-state index contributed by atoms with van der Waals surface area (Å²) in [5.74, 6) is -19.1. The van der Waals surface area contributed by atoms with E-state index < -0.39 is 327 Å². The van der Waals surface area contributed by atoms with Crippen molar-refractivity contribution in [1.82, 2.24) is 47.9 Å². The van der Waals surface area contributed by atoms with Gasteiger partial charge in [-0.15, -0.1) is 13.2 Å². The molecule has 7 aromatic carbocycles. The number of carbonyl (C=O) groups is 9. The number of nitrogens with one attached hydrogen (secondary N) is 10. The summed E-state index contributed by atoms with van der Waals surface area (Å²) in [6.07, 6.45) is -39.4. The minimum Gasteiger partial charge on any atom is -0.508 e. The first kappa shape index (κ1) is 109. The molecule has 49 heteroatoms. The number of hydrogen-bond acceptors (Lipinski definition) is 35. The third-order valence-electron chi connectivity index (χ3n) is 24.4. The van der Waals surface area contributed by atoms with Crippen molar-refractivity contribution >= 4 is 82.1 Å². The van der Waals surface area contributed by atoms with Crippen molar-refractivity contribution in [3.05, 3.63) is 176 Å².